The highest BCUT2D eigenvalue weighted by atomic mass is 35.5. The van der Waals surface area contributed by atoms with E-state index < -0.39 is 0 Å². The van der Waals surface area contributed by atoms with Crippen LogP contribution in [0.3, 0.4) is 0 Å². The third-order valence-electron chi connectivity index (χ3n) is 3.39. The van der Waals surface area contributed by atoms with Crippen LogP contribution in [0.5, 0.6) is 0 Å². The van der Waals surface area contributed by atoms with Crippen LogP contribution in [-0.2, 0) is 18.5 Å². The largest absolute Gasteiger partial charge is 0.444 e. The topological polar surface area (TPSA) is 29.3 Å². The maximum atomic E-state index is 6.04. The van der Waals surface area contributed by atoms with Gasteiger partial charge in [-0.1, -0.05) is 51.4 Å². The zero-order valence-electron chi connectivity index (χ0n) is 13.2. The van der Waals surface area contributed by atoms with Gasteiger partial charge in [0.15, 0.2) is 0 Å². The number of aromatic nitrogens is 1. The van der Waals surface area contributed by atoms with E-state index in [0.717, 1.165) is 29.8 Å². The number of hydrogen-bond acceptors (Lipinski definition) is 3. The Labute approximate surface area is 131 Å². The minimum Gasteiger partial charge on any atom is -0.444 e. The van der Waals surface area contributed by atoms with Crippen LogP contribution in [0.1, 0.15) is 44.9 Å². The molecule has 0 spiro atoms. The molecule has 114 valence electrons. The molecule has 0 aliphatic rings. The smallest absolute Gasteiger partial charge is 0.208 e. The molecular weight excluding hydrogens is 284 g/mol. The molecule has 0 fully saturated rings. The lowest BCUT2D eigenvalue weighted by Crippen LogP contribution is -2.22. The summed E-state index contributed by atoms with van der Waals surface area (Å²) in [5.41, 5.74) is 1.20. The van der Waals surface area contributed by atoms with Crippen molar-refractivity contribution in [1.82, 2.24) is 9.88 Å². The predicted octanol–water partition coefficient (Wildman–Crippen LogP) is 4.65. The fraction of sp³-hybridized carbons (Fsp3) is 0.471. The molecule has 0 aliphatic heterocycles. The molecule has 2 rings (SSSR count). The predicted molar refractivity (Wildman–Crippen MR) is 86.4 cm³/mol. The second-order valence-corrected chi connectivity index (χ2v) is 6.74. The van der Waals surface area contributed by atoms with Crippen LogP contribution in [0.15, 0.2) is 34.9 Å². The summed E-state index contributed by atoms with van der Waals surface area (Å²) in [6.07, 6.45) is 1.84. The minimum absolute atomic E-state index is 0.00471. The first-order valence-corrected chi connectivity index (χ1v) is 7.68. The van der Waals surface area contributed by atoms with Crippen molar-refractivity contribution in [2.45, 2.75) is 46.2 Å². The zero-order valence-corrected chi connectivity index (χ0v) is 13.9. The lowest BCUT2D eigenvalue weighted by atomic mass is 9.94. The average molecular weight is 307 g/mol. The van der Waals surface area contributed by atoms with Gasteiger partial charge < -0.3 is 4.42 Å². The van der Waals surface area contributed by atoms with Crippen LogP contribution >= 0.6 is 11.6 Å². The summed E-state index contributed by atoms with van der Waals surface area (Å²) in [6, 6.07) is 7.96. The van der Waals surface area contributed by atoms with Crippen LogP contribution in [0.2, 0.25) is 5.02 Å². The lowest BCUT2D eigenvalue weighted by molar-refractivity contribution is 0.235. The molecule has 2 aromatic rings. The van der Waals surface area contributed by atoms with Gasteiger partial charge in [-0.05, 0) is 24.2 Å². The minimum atomic E-state index is -0.00471. The van der Waals surface area contributed by atoms with Gasteiger partial charge in [0.2, 0.25) is 5.89 Å². The summed E-state index contributed by atoms with van der Waals surface area (Å²) in [5.74, 6) is 1.69. The molecule has 4 heteroatoms. The van der Waals surface area contributed by atoms with Gasteiger partial charge in [-0.15, -0.1) is 0 Å². The lowest BCUT2D eigenvalue weighted by Gasteiger charge is -2.19. The zero-order chi connectivity index (χ0) is 15.5. The molecule has 0 radical (unpaired) electrons. The van der Waals surface area contributed by atoms with E-state index in [1.54, 1.807) is 0 Å². The van der Waals surface area contributed by atoms with E-state index in [4.69, 9.17) is 16.0 Å². The first-order valence-electron chi connectivity index (χ1n) is 7.30. The summed E-state index contributed by atoms with van der Waals surface area (Å²) in [5, 5.41) is 0.773. The van der Waals surface area contributed by atoms with Gasteiger partial charge in [0.1, 0.15) is 5.76 Å². The summed E-state index contributed by atoms with van der Waals surface area (Å²) in [4.78, 5) is 6.68. The third kappa shape index (κ3) is 4.58. The maximum absolute atomic E-state index is 6.04. The van der Waals surface area contributed by atoms with E-state index in [9.17, 15) is 0 Å². The number of oxazole rings is 1. The fourth-order valence-corrected chi connectivity index (χ4v) is 2.31. The highest BCUT2D eigenvalue weighted by Crippen LogP contribution is 2.23. The molecule has 1 aromatic heterocycles. The van der Waals surface area contributed by atoms with Crippen molar-refractivity contribution in [2.75, 3.05) is 6.54 Å². The molecular formula is C17H23ClN2O. The number of benzene rings is 1. The fourth-order valence-electron chi connectivity index (χ4n) is 2.09. The molecule has 1 heterocycles. The second kappa shape index (κ2) is 6.63. The Kier molecular flexibility index (Phi) is 5.07. The Morgan fingerprint density at radius 3 is 2.57 bits per heavy atom. The normalized spacial score (nSPS) is 12.1. The summed E-state index contributed by atoms with van der Waals surface area (Å²) in [6.45, 7) is 11.0. The average Bonchev–Trinajstić information content (AvgIpc) is 2.86. The van der Waals surface area contributed by atoms with E-state index >= 15 is 0 Å². The van der Waals surface area contributed by atoms with Gasteiger partial charge in [0.05, 0.1) is 12.7 Å². The van der Waals surface area contributed by atoms with Crippen LogP contribution in [-0.4, -0.2) is 16.4 Å². The van der Waals surface area contributed by atoms with E-state index in [2.05, 4.69) is 43.6 Å². The van der Waals surface area contributed by atoms with Crippen molar-refractivity contribution >= 4 is 11.6 Å². The van der Waals surface area contributed by atoms with Gasteiger partial charge >= 0.3 is 0 Å². The Balaban J connectivity index is 2.04. The summed E-state index contributed by atoms with van der Waals surface area (Å²) in [7, 11) is 0. The van der Waals surface area contributed by atoms with Gasteiger partial charge in [0, 0.05) is 17.0 Å². The van der Waals surface area contributed by atoms with E-state index in [0.29, 0.717) is 6.54 Å². The maximum Gasteiger partial charge on any atom is 0.208 e. The first kappa shape index (κ1) is 16.1. The molecule has 0 saturated carbocycles. The van der Waals surface area contributed by atoms with E-state index in [1.165, 1.54) is 5.56 Å². The quantitative estimate of drug-likeness (QED) is 0.805. The van der Waals surface area contributed by atoms with Crippen molar-refractivity contribution < 1.29 is 4.42 Å². The number of rotatable bonds is 5. The Morgan fingerprint density at radius 1 is 1.24 bits per heavy atom. The summed E-state index contributed by atoms with van der Waals surface area (Å²) < 4.78 is 5.86. The molecule has 0 bridgehead atoms. The van der Waals surface area contributed by atoms with Crippen molar-refractivity contribution in [2.24, 2.45) is 0 Å². The van der Waals surface area contributed by atoms with Crippen LogP contribution in [0.4, 0.5) is 0 Å². The number of hydrogen-bond donors (Lipinski definition) is 0. The Morgan fingerprint density at radius 2 is 2.00 bits per heavy atom. The van der Waals surface area contributed by atoms with Crippen molar-refractivity contribution in [3.8, 4) is 0 Å². The monoisotopic (exact) mass is 306 g/mol. The van der Waals surface area contributed by atoms with Gasteiger partial charge in [-0.25, -0.2) is 4.98 Å². The van der Waals surface area contributed by atoms with Crippen molar-refractivity contribution in [3.63, 3.8) is 0 Å². The summed E-state index contributed by atoms with van der Waals surface area (Å²) >= 11 is 6.04. The van der Waals surface area contributed by atoms with Gasteiger partial charge in [0.25, 0.3) is 0 Å². The van der Waals surface area contributed by atoms with E-state index in [1.807, 2.05) is 24.4 Å². The molecule has 0 N–H and O–H groups in total. The molecule has 1 aromatic carbocycles. The molecule has 0 saturated heterocycles. The Hall–Kier alpha value is -1.32. The van der Waals surface area contributed by atoms with Crippen LogP contribution < -0.4 is 0 Å². The van der Waals surface area contributed by atoms with E-state index in [-0.39, 0.29) is 5.41 Å². The molecule has 0 atom stereocenters. The van der Waals surface area contributed by atoms with Gasteiger partial charge in [-0.2, -0.15) is 0 Å². The number of halogens is 1. The van der Waals surface area contributed by atoms with Crippen LogP contribution in [0, 0.1) is 0 Å². The highest BCUT2D eigenvalue weighted by molar-refractivity contribution is 6.30. The van der Waals surface area contributed by atoms with Crippen molar-refractivity contribution in [1.29, 1.82) is 0 Å². The molecule has 21 heavy (non-hydrogen) atoms. The van der Waals surface area contributed by atoms with Gasteiger partial charge in [-0.3, -0.25) is 4.90 Å². The van der Waals surface area contributed by atoms with Crippen molar-refractivity contribution in [3.05, 3.63) is 52.7 Å². The van der Waals surface area contributed by atoms with Crippen LogP contribution in [0.25, 0.3) is 0 Å². The third-order valence-corrected chi connectivity index (χ3v) is 3.63. The number of nitrogens with zero attached hydrogens (tertiary/aromatic N) is 2. The standard InChI is InChI=1S/C17H23ClN2O/c1-5-20(11-13-7-6-8-14(18)9-13)12-16-19-10-15(21-16)17(2,3)4/h6-10H,5,11-12H2,1-4H3. The molecule has 0 amide bonds. The highest BCUT2D eigenvalue weighted by Gasteiger charge is 2.19. The molecule has 3 nitrogen and oxygen atoms in total. The first-order chi connectivity index (χ1) is 9.88. The Bertz CT molecular complexity index is 586. The molecule has 0 aliphatic carbocycles. The second-order valence-electron chi connectivity index (χ2n) is 6.30. The molecule has 0 unspecified atom stereocenters. The SMILES string of the molecule is CCN(Cc1cccc(Cl)c1)Cc1ncc(C(C)(C)C)o1.